The normalized spacial score (nSPS) is 14.4. The number of aromatic nitrogens is 1. The third-order valence-corrected chi connectivity index (χ3v) is 8.78. The van der Waals surface area contributed by atoms with Crippen molar-refractivity contribution in [1.82, 2.24) is 4.57 Å². The lowest BCUT2D eigenvalue weighted by molar-refractivity contribution is 0.476. The van der Waals surface area contributed by atoms with Crippen molar-refractivity contribution in [3.8, 4) is 16.8 Å². The number of hydrogen-bond acceptors (Lipinski definition) is 0. The van der Waals surface area contributed by atoms with E-state index in [1.54, 1.807) is 0 Å². The van der Waals surface area contributed by atoms with Gasteiger partial charge in [0.2, 0.25) is 0 Å². The van der Waals surface area contributed by atoms with Crippen LogP contribution in [-0.4, -0.2) is 4.57 Å². The molecule has 192 valence electrons. The molecular formula is C39H31N. The molecule has 0 aliphatic heterocycles. The average molecular weight is 514 g/mol. The molecule has 0 spiro atoms. The van der Waals surface area contributed by atoms with Gasteiger partial charge >= 0.3 is 0 Å². The van der Waals surface area contributed by atoms with Crippen LogP contribution in [0.3, 0.4) is 0 Å². The summed E-state index contributed by atoms with van der Waals surface area (Å²) in [4.78, 5) is 0. The van der Waals surface area contributed by atoms with E-state index < -0.39 is 0 Å². The van der Waals surface area contributed by atoms with Crippen LogP contribution in [0.2, 0.25) is 0 Å². The fraction of sp³-hybridized carbons (Fsp3) is 0.128. The summed E-state index contributed by atoms with van der Waals surface area (Å²) in [5, 5.41) is 9.14. The monoisotopic (exact) mass is 513 g/mol. The third kappa shape index (κ3) is 3.47. The zero-order valence-electron chi connectivity index (χ0n) is 23.2. The Balaban J connectivity index is 1.35. The zero-order valence-corrected chi connectivity index (χ0v) is 23.2. The van der Waals surface area contributed by atoms with Crippen molar-refractivity contribution in [2.75, 3.05) is 0 Å². The Kier molecular flexibility index (Phi) is 4.91. The van der Waals surface area contributed by atoms with Gasteiger partial charge in [-0.25, -0.2) is 0 Å². The average Bonchev–Trinajstić information content (AvgIpc) is 3.27. The van der Waals surface area contributed by atoms with Crippen LogP contribution >= 0.6 is 0 Å². The minimum atomic E-state index is 0.166. The molecule has 1 heterocycles. The Morgan fingerprint density at radius 2 is 1.38 bits per heavy atom. The fourth-order valence-corrected chi connectivity index (χ4v) is 6.86. The molecule has 7 aromatic rings. The Morgan fingerprint density at radius 3 is 2.20 bits per heavy atom. The number of rotatable bonds is 2. The molecule has 0 saturated carbocycles. The predicted octanol–water partition coefficient (Wildman–Crippen LogP) is 10.7. The minimum absolute atomic E-state index is 0.166. The minimum Gasteiger partial charge on any atom is -0.310 e. The van der Waals surface area contributed by atoms with Crippen LogP contribution in [0.15, 0.2) is 115 Å². The molecule has 0 unspecified atom stereocenters. The van der Waals surface area contributed by atoms with Gasteiger partial charge < -0.3 is 4.57 Å². The largest absolute Gasteiger partial charge is 0.310 e. The molecule has 8 rings (SSSR count). The standard InChI is InChI=1S/C39H31N/c1-25-12-19-36-34(22-25)35-24-39(2,3)21-20-37(35)40(36)29-16-13-27(14-17-29)38-31-11-7-5-9-28(31)23-33-30-10-6-4-8-26(30)15-18-32(33)38/h4-23H,24H2,1-3H3. The molecule has 0 atom stereocenters. The van der Waals surface area contributed by atoms with Crippen LogP contribution in [-0.2, 0) is 6.42 Å². The van der Waals surface area contributed by atoms with Crippen LogP contribution in [0.25, 0.3) is 66.1 Å². The van der Waals surface area contributed by atoms with Gasteiger partial charge in [0.25, 0.3) is 0 Å². The Bertz CT molecular complexity index is 2150. The second kappa shape index (κ2) is 8.44. The first kappa shape index (κ1) is 23.3. The second-order valence-electron chi connectivity index (χ2n) is 12.1. The third-order valence-electron chi connectivity index (χ3n) is 8.78. The quantitative estimate of drug-likeness (QED) is 0.160. The van der Waals surface area contributed by atoms with Crippen molar-refractivity contribution in [3.05, 3.63) is 132 Å². The summed E-state index contributed by atoms with van der Waals surface area (Å²) < 4.78 is 2.45. The summed E-state index contributed by atoms with van der Waals surface area (Å²) in [6.45, 7) is 6.86. The van der Waals surface area contributed by atoms with Crippen LogP contribution in [0.1, 0.15) is 30.7 Å². The molecule has 40 heavy (non-hydrogen) atoms. The molecular weight excluding hydrogens is 482 g/mol. The number of fused-ring (bicyclic) bond motifs is 7. The van der Waals surface area contributed by atoms with Crippen molar-refractivity contribution in [2.45, 2.75) is 27.2 Å². The highest BCUT2D eigenvalue weighted by Crippen LogP contribution is 2.42. The van der Waals surface area contributed by atoms with E-state index in [0.717, 1.165) is 6.42 Å². The Morgan fingerprint density at radius 1 is 0.625 bits per heavy atom. The summed E-state index contributed by atoms with van der Waals surface area (Å²) in [7, 11) is 0. The molecule has 0 amide bonds. The topological polar surface area (TPSA) is 4.93 Å². The lowest BCUT2D eigenvalue weighted by Gasteiger charge is -2.25. The van der Waals surface area contributed by atoms with E-state index in [0.29, 0.717) is 0 Å². The van der Waals surface area contributed by atoms with Crippen molar-refractivity contribution in [2.24, 2.45) is 5.41 Å². The van der Waals surface area contributed by atoms with Crippen molar-refractivity contribution in [3.63, 3.8) is 0 Å². The number of nitrogens with zero attached hydrogens (tertiary/aromatic N) is 1. The number of allylic oxidation sites excluding steroid dienone is 1. The number of hydrogen-bond donors (Lipinski definition) is 0. The summed E-state index contributed by atoms with van der Waals surface area (Å²) >= 11 is 0. The van der Waals surface area contributed by atoms with E-state index in [9.17, 15) is 0 Å². The van der Waals surface area contributed by atoms with Crippen molar-refractivity contribution in [1.29, 1.82) is 0 Å². The molecule has 1 heteroatoms. The molecule has 0 radical (unpaired) electrons. The van der Waals surface area contributed by atoms with Crippen molar-refractivity contribution < 1.29 is 0 Å². The molecule has 1 aliphatic carbocycles. The Hall–Kier alpha value is -4.62. The van der Waals surface area contributed by atoms with Gasteiger partial charge in [-0.1, -0.05) is 104 Å². The number of aryl methyl sites for hydroxylation is 1. The number of benzene rings is 6. The van der Waals surface area contributed by atoms with Crippen LogP contribution < -0.4 is 0 Å². The molecule has 1 aromatic heterocycles. The van der Waals surface area contributed by atoms with Gasteiger partial charge in [0.15, 0.2) is 0 Å². The first-order valence-electron chi connectivity index (χ1n) is 14.2. The highest BCUT2D eigenvalue weighted by molar-refractivity contribution is 6.20. The first-order valence-corrected chi connectivity index (χ1v) is 14.2. The molecule has 0 bridgehead atoms. The van der Waals surface area contributed by atoms with E-state index in [4.69, 9.17) is 0 Å². The lowest BCUT2D eigenvalue weighted by Crippen LogP contribution is -2.16. The van der Waals surface area contributed by atoms with Gasteiger partial charge in [-0.2, -0.15) is 0 Å². The van der Waals surface area contributed by atoms with Crippen LogP contribution in [0.5, 0.6) is 0 Å². The zero-order chi connectivity index (χ0) is 27.0. The molecule has 0 N–H and O–H groups in total. The van der Waals surface area contributed by atoms with E-state index >= 15 is 0 Å². The van der Waals surface area contributed by atoms with Gasteiger partial charge in [-0.05, 0) is 104 Å². The fourth-order valence-electron chi connectivity index (χ4n) is 6.86. The summed E-state index contributed by atoms with van der Waals surface area (Å²) in [5.74, 6) is 0. The van der Waals surface area contributed by atoms with E-state index in [1.807, 2.05) is 0 Å². The van der Waals surface area contributed by atoms with E-state index in [-0.39, 0.29) is 5.41 Å². The van der Waals surface area contributed by atoms with Crippen LogP contribution in [0.4, 0.5) is 0 Å². The molecule has 1 nitrogen and oxygen atoms in total. The summed E-state index contributed by atoms with van der Waals surface area (Å²) in [5.41, 5.74) is 9.30. The van der Waals surface area contributed by atoms with E-state index in [1.165, 1.54) is 76.9 Å². The van der Waals surface area contributed by atoms with Gasteiger partial charge in [-0.3, -0.25) is 0 Å². The smallest absolute Gasteiger partial charge is 0.0537 e. The molecule has 0 saturated heterocycles. The maximum Gasteiger partial charge on any atom is 0.0537 e. The molecule has 6 aromatic carbocycles. The molecule has 0 fully saturated rings. The van der Waals surface area contributed by atoms with E-state index in [2.05, 4.69) is 147 Å². The van der Waals surface area contributed by atoms with Crippen molar-refractivity contribution >= 4 is 49.3 Å². The highest BCUT2D eigenvalue weighted by atomic mass is 15.0. The van der Waals surface area contributed by atoms with Gasteiger partial charge in [-0.15, -0.1) is 0 Å². The highest BCUT2D eigenvalue weighted by Gasteiger charge is 2.26. The van der Waals surface area contributed by atoms with Gasteiger partial charge in [0.05, 0.1) is 5.52 Å². The predicted molar refractivity (Wildman–Crippen MR) is 172 cm³/mol. The maximum atomic E-state index is 2.45. The van der Waals surface area contributed by atoms with Crippen LogP contribution in [0, 0.1) is 12.3 Å². The lowest BCUT2D eigenvalue weighted by atomic mass is 9.81. The summed E-state index contributed by atoms with van der Waals surface area (Å²) in [6, 6.07) is 40.6. The SMILES string of the molecule is Cc1ccc2c(c1)c1c(n2-c2ccc(-c3c4ccccc4cc4c3ccc3ccccc34)cc2)C=CC(C)(C)C1. The first-order chi connectivity index (χ1) is 19.5. The summed E-state index contributed by atoms with van der Waals surface area (Å²) in [6.07, 6.45) is 5.77. The van der Waals surface area contributed by atoms with Gasteiger partial charge in [0.1, 0.15) is 0 Å². The van der Waals surface area contributed by atoms with Gasteiger partial charge in [0, 0.05) is 16.8 Å². The maximum absolute atomic E-state index is 2.45. The Labute approximate surface area is 235 Å². The second-order valence-corrected chi connectivity index (χ2v) is 12.1. The molecule has 1 aliphatic rings.